The number of hydrogen-bond acceptors (Lipinski definition) is 2. The first-order valence-electron chi connectivity index (χ1n) is 4.12. The number of nitrogens with zero attached hydrogens (tertiary/aromatic N) is 1. The Kier molecular flexibility index (Phi) is 3.81. The summed E-state index contributed by atoms with van der Waals surface area (Å²) in [4.78, 5) is 0. The van der Waals surface area contributed by atoms with E-state index in [0.29, 0.717) is 15.7 Å². The topological polar surface area (TPSA) is 23.5 Å². The summed E-state index contributed by atoms with van der Waals surface area (Å²) >= 11 is 11.7. The van der Waals surface area contributed by atoms with Crippen LogP contribution < -0.4 is 5.06 Å². The van der Waals surface area contributed by atoms with E-state index >= 15 is 0 Å². The largest absolute Gasteiger partial charge is 0.288 e. The van der Waals surface area contributed by atoms with Gasteiger partial charge in [0.1, 0.15) is 0 Å². The minimum Gasteiger partial charge on any atom is -0.288 e. The van der Waals surface area contributed by atoms with Crippen molar-refractivity contribution in [1.82, 2.24) is 0 Å². The summed E-state index contributed by atoms with van der Waals surface area (Å²) in [6, 6.07) is 4.69. The van der Waals surface area contributed by atoms with Crippen LogP contribution in [0.5, 0.6) is 0 Å². The van der Waals surface area contributed by atoms with Crippen LogP contribution in [-0.4, -0.2) is 11.2 Å². The Morgan fingerprint density at radius 2 is 2.14 bits per heavy atom. The summed E-state index contributed by atoms with van der Waals surface area (Å²) in [5.74, 6) is 0. The molecule has 0 saturated heterocycles. The number of halogens is 2. The summed E-state index contributed by atoms with van der Waals surface area (Å²) in [5, 5.41) is 11.7. The molecule has 4 heteroatoms. The molecule has 1 N–H and O–H groups in total. The van der Waals surface area contributed by atoms with Crippen LogP contribution >= 0.6 is 23.2 Å². The van der Waals surface area contributed by atoms with Gasteiger partial charge in [-0.05, 0) is 25.1 Å². The fraction of sp³-hybridized carbons (Fsp3) is 0.200. The number of benzene rings is 1. The lowest BCUT2D eigenvalue weighted by Crippen LogP contribution is -2.27. The molecular formula is C10H11Cl2NO. The van der Waals surface area contributed by atoms with Gasteiger partial charge < -0.3 is 0 Å². The second-order valence-corrected chi connectivity index (χ2v) is 3.76. The van der Waals surface area contributed by atoms with Crippen molar-refractivity contribution in [3.8, 4) is 0 Å². The lowest BCUT2D eigenvalue weighted by molar-refractivity contribution is 0.238. The summed E-state index contributed by atoms with van der Waals surface area (Å²) in [6.07, 6.45) is 1.61. The molecule has 0 saturated carbocycles. The van der Waals surface area contributed by atoms with Crippen LogP contribution in [0.4, 0.5) is 5.69 Å². The van der Waals surface area contributed by atoms with Crippen molar-refractivity contribution >= 4 is 28.9 Å². The summed E-state index contributed by atoms with van der Waals surface area (Å²) in [7, 11) is 0. The molecule has 0 aliphatic heterocycles. The van der Waals surface area contributed by atoms with Gasteiger partial charge in [0.25, 0.3) is 0 Å². The molecule has 2 nitrogen and oxygen atoms in total. The molecule has 0 fully saturated rings. The maximum Gasteiger partial charge on any atom is 0.0842 e. The van der Waals surface area contributed by atoms with E-state index in [1.54, 1.807) is 31.2 Å². The molecular weight excluding hydrogens is 221 g/mol. The highest BCUT2D eigenvalue weighted by Crippen LogP contribution is 2.29. The molecule has 0 aromatic heterocycles. The monoisotopic (exact) mass is 231 g/mol. The van der Waals surface area contributed by atoms with Crippen LogP contribution in [0.3, 0.4) is 0 Å². The van der Waals surface area contributed by atoms with Crippen molar-refractivity contribution in [2.45, 2.75) is 13.0 Å². The Morgan fingerprint density at radius 1 is 1.50 bits per heavy atom. The van der Waals surface area contributed by atoms with E-state index in [9.17, 15) is 5.21 Å². The van der Waals surface area contributed by atoms with Crippen LogP contribution in [0.15, 0.2) is 30.9 Å². The van der Waals surface area contributed by atoms with E-state index in [1.165, 1.54) is 0 Å². The van der Waals surface area contributed by atoms with Crippen molar-refractivity contribution in [2.24, 2.45) is 0 Å². The Bertz CT molecular complexity index is 341. The first kappa shape index (κ1) is 11.4. The smallest absolute Gasteiger partial charge is 0.0842 e. The van der Waals surface area contributed by atoms with E-state index in [1.807, 2.05) is 0 Å². The number of hydroxylamine groups is 1. The maximum absolute atomic E-state index is 9.71. The molecule has 1 aromatic rings. The second-order valence-electron chi connectivity index (χ2n) is 2.92. The Morgan fingerprint density at radius 3 is 2.71 bits per heavy atom. The van der Waals surface area contributed by atoms with Crippen molar-refractivity contribution < 1.29 is 5.21 Å². The maximum atomic E-state index is 9.71. The van der Waals surface area contributed by atoms with Crippen molar-refractivity contribution in [2.75, 3.05) is 5.06 Å². The molecule has 1 unspecified atom stereocenters. The van der Waals surface area contributed by atoms with Crippen molar-refractivity contribution in [1.29, 1.82) is 0 Å². The van der Waals surface area contributed by atoms with E-state index in [-0.39, 0.29) is 6.04 Å². The van der Waals surface area contributed by atoms with Crippen LogP contribution in [-0.2, 0) is 0 Å². The van der Waals surface area contributed by atoms with Crippen LogP contribution in [0.25, 0.3) is 0 Å². The van der Waals surface area contributed by atoms with Crippen molar-refractivity contribution in [3.63, 3.8) is 0 Å². The highest BCUT2D eigenvalue weighted by Gasteiger charge is 2.12. The summed E-state index contributed by atoms with van der Waals surface area (Å²) < 4.78 is 0. The molecule has 0 aliphatic rings. The van der Waals surface area contributed by atoms with Gasteiger partial charge in [0.2, 0.25) is 0 Å². The first-order chi connectivity index (χ1) is 6.56. The molecule has 0 heterocycles. The highest BCUT2D eigenvalue weighted by atomic mass is 35.5. The minimum absolute atomic E-state index is 0.217. The van der Waals surface area contributed by atoms with Gasteiger partial charge in [0.05, 0.1) is 16.8 Å². The van der Waals surface area contributed by atoms with Crippen LogP contribution in [0.2, 0.25) is 10.0 Å². The van der Waals surface area contributed by atoms with E-state index < -0.39 is 0 Å². The predicted octanol–water partition coefficient (Wildman–Crippen LogP) is 3.76. The fourth-order valence-electron chi connectivity index (χ4n) is 0.981. The number of hydrogen-bond donors (Lipinski definition) is 1. The number of rotatable bonds is 3. The molecule has 76 valence electrons. The molecule has 1 atom stereocenters. The van der Waals surface area contributed by atoms with Gasteiger partial charge in [-0.1, -0.05) is 29.3 Å². The third-order valence-electron chi connectivity index (χ3n) is 1.88. The van der Waals surface area contributed by atoms with Gasteiger partial charge in [0.15, 0.2) is 0 Å². The summed E-state index contributed by atoms with van der Waals surface area (Å²) in [5.41, 5.74) is 0.478. The van der Waals surface area contributed by atoms with Gasteiger partial charge >= 0.3 is 0 Å². The van der Waals surface area contributed by atoms with Crippen molar-refractivity contribution in [3.05, 3.63) is 40.9 Å². The zero-order chi connectivity index (χ0) is 10.7. The van der Waals surface area contributed by atoms with Gasteiger partial charge in [-0.3, -0.25) is 5.21 Å². The van der Waals surface area contributed by atoms with Crippen LogP contribution in [0, 0.1) is 0 Å². The SMILES string of the molecule is C=CC(C)N(O)c1cc(Cl)ccc1Cl. The lowest BCUT2D eigenvalue weighted by atomic mass is 10.2. The fourth-order valence-corrected chi connectivity index (χ4v) is 1.35. The molecule has 0 aliphatic carbocycles. The third kappa shape index (κ3) is 2.41. The van der Waals surface area contributed by atoms with E-state index in [0.717, 1.165) is 5.06 Å². The first-order valence-corrected chi connectivity index (χ1v) is 4.87. The molecule has 14 heavy (non-hydrogen) atoms. The van der Waals surface area contributed by atoms with Gasteiger partial charge in [-0.25, -0.2) is 5.06 Å². The van der Waals surface area contributed by atoms with E-state index in [2.05, 4.69) is 6.58 Å². The Labute approximate surface area is 93.3 Å². The zero-order valence-corrected chi connectivity index (χ0v) is 9.26. The quantitative estimate of drug-likeness (QED) is 0.633. The second kappa shape index (κ2) is 4.69. The van der Waals surface area contributed by atoms with Crippen LogP contribution in [0.1, 0.15) is 6.92 Å². The minimum atomic E-state index is -0.217. The number of anilines is 1. The standard InChI is InChI=1S/C10H11Cl2NO/c1-3-7(2)13(14)10-6-8(11)4-5-9(10)12/h3-7,14H,1H2,2H3. The highest BCUT2D eigenvalue weighted by molar-refractivity contribution is 6.35. The summed E-state index contributed by atoms with van der Waals surface area (Å²) in [6.45, 7) is 5.38. The molecule has 0 radical (unpaired) electrons. The molecule has 0 bridgehead atoms. The van der Waals surface area contributed by atoms with Gasteiger partial charge in [0, 0.05) is 5.02 Å². The molecule has 0 amide bonds. The average molecular weight is 232 g/mol. The Hall–Kier alpha value is -0.700. The average Bonchev–Trinajstić information content (AvgIpc) is 2.19. The molecule has 1 rings (SSSR count). The zero-order valence-electron chi connectivity index (χ0n) is 7.74. The normalized spacial score (nSPS) is 12.3. The lowest BCUT2D eigenvalue weighted by Gasteiger charge is -2.22. The Balaban J connectivity index is 3.05. The molecule has 1 aromatic carbocycles. The van der Waals surface area contributed by atoms with E-state index in [4.69, 9.17) is 23.2 Å². The van der Waals surface area contributed by atoms with Gasteiger partial charge in [-0.15, -0.1) is 6.58 Å². The predicted molar refractivity (Wildman–Crippen MR) is 60.4 cm³/mol. The molecule has 0 spiro atoms. The van der Waals surface area contributed by atoms with Gasteiger partial charge in [-0.2, -0.15) is 0 Å². The third-order valence-corrected chi connectivity index (χ3v) is 2.44.